The van der Waals surface area contributed by atoms with E-state index >= 15 is 0 Å². The second-order valence-electron chi connectivity index (χ2n) is 6.48. The van der Waals surface area contributed by atoms with Crippen LogP contribution in [0.15, 0.2) is 30.3 Å². The first-order valence-electron chi connectivity index (χ1n) is 9.00. The van der Waals surface area contributed by atoms with E-state index in [1.165, 1.54) is 0 Å². The number of ether oxygens (including phenoxy) is 1. The Morgan fingerprint density at radius 2 is 1.93 bits per heavy atom. The Hall–Kier alpha value is -2.54. The van der Waals surface area contributed by atoms with Crippen molar-refractivity contribution in [2.45, 2.75) is 25.8 Å². The fourth-order valence-electron chi connectivity index (χ4n) is 3.15. The summed E-state index contributed by atoms with van der Waals surface area (Å²) in [5, 5.41) is 8.00. The van der Waals surface area contributed by atoms with Crippen molar-refractivity contribution in [3.05, 3.63) is 41.0 Å². The van der Waals surface area contributed by atoms with Crippen molar-refractivity contribution in [3.63, 3.8) is 0 Å². The molecule has 1 aromatic heterocycles. The van der Waals surface area contributed by atoms with Gasteiger partial charge in [-0.25, -0.2) is 4.79 Å². The van der Waals surface area contributed by atoms with E-state index in [-0.39, 0.29) is 18.0 Å². The van der Waals surface area contributed by atoms with Crippen molar-refractivity contribution in [1.29, 1.82) is 0 Å². The third-order valence-corrected chi connectivity index (χ3v) is 4.86. The van der Waals surface area contributed by atoms with Gasteiger partial charge in [0.15, 0.2) is 5.69 Å². The molecule has 8 heteroatoms. The summed E-state index contributed by atoms with van der Waals surface area (Å²) in [4.78, 5) is 26.0. The van der Waals surface area contributed by atoms with E-state index < -0.39 is 0 Å². The molecular weight excluding hydrogens is 368 g/mol. The van der Waals surface area contributed by atoms with Gasteiger partial charge in [-0.3, -0.25) is 9.48 Å². The largest absolute Gasteiger partial charge is 0.450 e. The zero-order valence-corrected chi connectivity index (χ0v) is 16.2. The molecule has 0 atom stereocenters. The molecule has 144 valence electrons. The number of halogens is 1. The maximum atomic E-state index is 12.6. The highest BCUT2D eigenvalue weighted by Gasteiger charge is 2.25. The van der Waals surface area contributed by atoms with Crippen LogP contribution in [-0.4, -0.2) is 52.4 Å². The second-order valence-corrected chi connectivity index (χ2v) is 6.92. The van der Waals surface area contributed by atoms with Gasteiger partial charge >= 0.3 is 6.09 Å². The lowest BCUT2D eigenvalue weighted by Crippen LogP contribution is -2.46. The molecule has 1 aromatic carbocycles. The number of benzene rings is 1. The van der Waals surface area contributed by atoms with E-state index in [1.54, 1.807) is 41.8 Å². The SMILES string of the molecule is CCOC(=O)N1CCC(NC(=O)c2cc(-c3ccc(Cl)cc3)n(C)n2)CC1. The molecule has 0 saturated carbocycles. The molecule has 1 saturated heterocycles. The minimum absolute atomic E-state index is 0.0177. The topological polar surface area (TPSA) is 76.5 Å². The Kier molecular flexibility index (Phi) is 6.01. The van der Waals surface area contributed by atoms with Gasteiger partial charge in [-0.05, 0) is 43.5 Å². The van der Waals surface area contributed by atoms with Gasteiger partial charge in [0.05, 0.1) is 12.3 Å². The number of nitrogens with one attached hydrogen (secondary N) is 1. The number of aromatic nitrogens is 2. The van der Waals surface area contributed by atoms with Crippen LogP contribution in [0.25, 0.3) is 11.3 Å². The lowest BCUT2D eigenvalue weighted by Gasteiger charge is -2.31. The minimum Gasteiger partial charge on any atom is -0.450 e. The highest BCUT2D eigenvalue weighted by atomic mass is 35.5. The van der Waals surface area contributed by atoms with Crippen LogP contribution < -0.4 is 5.32 Å². The number of piperidine rings is 1. The zero-order valence-electron chi connectivity index (χ0n) is 15.4. The number of hydrogen-bond donors (Lipinski definition) is 1. The fourth-order valence-corrected chi connectivity index (χ4v) is 3.28. The lowest BCUT2D eigenvalue weighted by atomic mass is 10.1. The number of carbonyl (C=O) groups excluding carboxylic acids is 2. The first-order chi connectivity index (χ1) is 13.0. The molecule has 27 heavy (non-hydrogen) atoms. The summed E-state index contributed by atoms with van der Waals surface area (Å²) in [7, 11) is 1.80. The van der Waals surface area contributed by atoms with Gasteiger partial charge in [0.2, 0.25) is 0 Å². The number of rotatable bonds is 4. The minimum atomic E-state index is -0.292. The van der Waals surface area contributed by atoms with Gasteiger partial charge in [0.1, 0.15) is 0 Å². The Morgan fingerprint density at radius 1 is 1.26 bits per heavy atom. The summed E-state index contributed by atoms with van der Waals surface area (Å²) in [5.74, 6) is -0.208. The van der Waals surface area contributed by atoms with Crippen LogP contribution in [0.3, 0.4) is 0 Å². The fraction of sp³-hybridized carbons (Fsp3) is 0.421. The maximum Gasteiger partial charge on any atom is 0.409 e. The third-order valence-electron chi connectivity index (χ3n) is 4.61. The standard InChI is InChI=1S/C19H23ClN4O3/c1-3-27-19(26)24-10-8-15(9-11-24)21-18(25)16-12-17(23(2)22-16)13-4-6-14(20)7-5-13/h4-7,12,15H,3,8-11H2,1-2H3,(H,21,25). The van der Waals surface area contributed by atoms with Gasteiger partial charge in [0, 0.05) is 31.2 Å². The van der Waals surface area contributed by atoms with Crippen LogP contribution in [-0.2, 0) is 11.8 Å². The predicted octanol–water partition coefficient (Wildman–Crippen LogP) is 3.09. The number of amides is 2. The Bertz CT molecular complexity index is 811. The molecule has 2 heterocycles. The van der Waals surface area contributed by atoms with Crippen molar-refractivity contribution >= 4 is 23.6 Å². The van der Waals surface area contributed by atoms with Crippen molar-refractivity contribution < 1.29 is 14.3 Å². The van der Waals surface area contributed by atoms with Crippen molar-refractivity contribution in [2.75, 3.05) is 19.7 Å². The molecule has 1 aliphatic rings. The first-order valence-corrected chi connectivity index (χ1v) is 9.38. The highest BCUT2D eigenvalue weighted by molar-refractivity contribution is 6.30. The van der Waals surface area contributed by atoms with E-state index in [1.807, 2.05) is 12.1 Å². The molecule has 0 bridgehead atoms. The average molecular weight is 391 g/mol. The molecule has 7 nitrogen and oxygen atoms in total. The number of nitrogens with zero attached hydrogens (tertiary/aromatic N) is 3. The van der Waals surface area contributed by atoms with Gasteiger partial charge in [-0.1, -0.05) is 23.7 Å². The average Bonchev–Trinajstić information content (AvgIpc) is 3.05. The summed E-state index contributed by atoms with van der Waals surface area (Å²) in [6.07, 6.45) is 1.10. The van der Waals surface area contributed by atoms with Gasteiger partial charge in [-0.15, -0.1) is 0 Å². The summed E-state index contributed by atoms with van der Waals surface area (Å²) >= 11 is 5.93. The lowest BCUT2D eigenvalue weighted by molar-refractivity contribution is 0.0856. The van der Waals surface area contributed by atoms with Gasteiger partial charge in [-0.2, -0.15) is 5.10 Å². The van der Waals surface area contributed by atoms with Gasteiger partial charge in [0.25, 0.3) is 5.91 Å². The van der Waals surface area contributed by atoms with E-state index in [4.69, 9.17) is 16.3 Å². The van der Waals surface area contributed by atoms with E-state index in [2.05, 4.69) is 10.4 Å². The van der Waals surface area contributed by atoms with Crippen LogP contribution in [0.5, 0.6) is 0 Å². The molecule has 1 N–H and O–H groups in total. The molecule has 1 fully saturated rings. The Balaban J connectivity index is 1.60. The Morgan fingerprint density at radius 3 is 2.56 bits per heavy atom. The smallest absolute Gasteiger partial charge is 0.409 e. The molecule has 2 aromatic rings. The van der Waals surface area contributed by atoms with E-state index in [0.717, 1.165) is 11.3 Å². The van der Waals surface area contributed by atoms with Crippen LogP contribution in [0.4, 0.5) is 4.79 Å². The number of hydrogen-bond acceptors (Lipinski definition) is 4. The highest BCUT2D eigenvalue weighted by Crippen LogP contribution is 2.22. The van der Waals surface area contributed by atoms with Crippen LogP contribution >= 0.6 is 11.6 Å². The summed E-state index contributed by atoms with van der Waals surface area (Å²) in [6.45, 7) is 3.30. The summed E-state index contributed by atoms with van der Waals surface area (Å²) in [6, 6.07) is 9.19. The summed E-state index contributed by atoms with van der Waals surface area (Å²) in [5.41, 5.74) is 2.15. The quantitative estimate of drug-likeness (QED) is 0.870. The second kappa shape index (κ2) is 8.43. The molecule has 2 amide bonds. The number of carbonyl (C=O) groups is 2. The predicted molar refractivity (Wildman–Crippen MR) is 103 cm³/mol. The third kappa shape index (κ3) is 4.60. The molecule has 0 radical (unpaired) electrons. The molecule has 0 unspecified atom stereocenters. The van der Waals surface area contributed by atoms with E-state index in [0.29, 0.717) is 43.3 Å². The zero-order chi connectivity index (χ0) is 19.4. The van der Waals surface area contributed by atoms with E-state index in [9.17, 15) is 9.59 Å². The normalized spacial score (nSPS) is 14.9. The molecule has 3 rings (SSSR count). The first kappa shape index (κ1) is 19.2. The number of aryl methyl sites for hydroxylation is 1. The van der Waals surface area contributed by atoms with Crippen molar-refractivity contribution in [2.24, 2.45) is 7.05 Å². The maximum absolute atomic E-state index is 12.6. The number of likely N-dealkylation sites (tertiary alicyclic amines) is 1. The van der Waals surface area contributed by atoms with Crippen molar-refractivity contribution in [3.8, 4) is 11.3 Å². The summed E-state index contributed by atoms with van der Waals surface area (Å²) < 4.78 is 6.69. The molecule has 0 spiro atoms. The molecule has 1 aliphatic heterocycles. The van der Waals surface area contributed by atoms with Crippen LogP contribution in [0, 0.1) is 0 Å². The van der Waals surface area contributed by atoms with Crippen LogP contribution in [0.1, 0.15) is 30.3 Å². The Labute approximate surface area is 163 Å². The molecule has 0 aliphatic carbocycles. The van der Waals surface area contributed by atoms with Crippen molar-refractivity contribution in [1.82, 2.24) is 20.0 Å². The molecular formula is C19H23ClN4O3. The van der Waals surface area contributed by atoms with Crippen LogP contribution in [0.2, 0.25) is 5.02 Å². The monoisotopic (exact) mass is 390 g/mol. The van der Waals surface area contributed by atoms with Gasteiger partial charge < -0.3 is 15.0 Å².